The summed E-state index contributed by atoms with van der Waals surface area (Å²) in [4.78, 5) is 10.4. The summed E-state index contributed by atoms with van der Waals surface area (Å²) in [7, 11) is 0. The molecule has 3 heteroatoms. The van der Waals surface area contributed by atoms with E-state index in [1.54, 1.807) is 0 Å². The number of aliphatic carboxylic acids is 1. The normalized spacial score (nSPS) is 19.6. The van der Waals surface area contributed by atoms with Crippen LogP contribution in [0.4, 0.5) is 0 Å². The van der Waals surface area contributed by atoms with Gasteiger partial charge in [-0.1, -0.05) is 19.3 Å². The van der Waals surface area contributed by atoms with Crippen molar-refractivity contribution in [1.82, 2.24) is 0 Å². The fourth-order valence-corrected chi connectivity index (χ4v) is 1.35. The Morgan fingerprint density at radius 1 is 1.20 bits per heavy atom. The minimum atomic E-state index is -0.602. The van der Waals surface area contributed by atoms with Crippen molar-refractivity contribution in [3.05, 3.63) is 0 Å². The molecular weight excluding hydrogens is 186 g/mol. The average molecular weight is 198 g/mol. The first-order chi connectivity index (χ1) is 4.30. The molecule has 3 radical (unpaired) electrons. The Morgan fingerprint density at radius 3 is 2.00 bits per heavy atom. The molecule has 1 N–H and O–H groups in total. The third-order valence-electron chi connectivity index (χ3n) is 1.95. The van der Waals surface area contributed by atoms with Crippen LogP contribution in [0.15, 0.2) is 0 Å². The summed E-state index contributed by atoms with van der Waals surface area (Å²) in [6.45, 7) is 0. The maximum Gasteiger partial charge on any atom is 0.306 e. The van der Waals surface area contributed by atoms with Crippen molar-refractivity contribution in [1.29, 1.82) is 0 Å². The molecule has 1 aliphatic carbocycles. The molecule has 1 rings (SSSR count). The van der Waals surface area contributed by atoms with E-state index in [0.717, 1.165) is 25.7 Å². The van der Waals surface area contributed by atoms with E-state index >= 15 is 0 Å². The zero-order valence-corrected chi connectivity index (χ0v) is 8.47. The number of hydrogen-bond acceptors (Lipinski definition) is 1. The SMILES string of the molecule is O=C(O)C1CCCCC1.[Ga]. The number of hydrogen-bond donors (Lipinski definition) is 1. The van der Waals surface area contributed by atoms with E-state index in [-0.39, 0.29) is 25.7 Å². The van der Waals surface area contributed by atoms with Crippen molar-refractivity contribution in [2.75, 3.05) is 0 Å². The third kappa shape index (κ3) is 2.79. The van der Waals surface area contributed by atoms with E-state index in [1.165, 1.54) is 6.42 Å². The summed E-state index contributed by atoms with van der Waals surface area (Å²) in [6, 6.07) is 0. The largest absolute Gasteiger partial charge is 0.481 e. The Morgan fingerprint density at radius 2 is 1.70 bits per heavy atom. The Balaban J connectivity index is 0.000000810. The van der Waals surface area contributed by atoms with Crippen molar-refractivity contribution in [2.45, 2.75) is 32.1 Å². The van der Waals surface area contributed by atoms with E-state index in [0.29, 0.717) is 0 Å². The first kappa shape index (κ1) is 10.1. The number of carboxylic acids is 1. The predicted molar refractivity (Wildman–Crippen MR) is 40.0 cm³/mol. The number of rotatable bonds is 1. The topological polar surface area (TPSA) is 37.3 Å². The van der Waals surface area contributed by atoms with Crippen molar-refractivity contribution >= 4 is 25.8 Å². The van der Waals surface area contributed by atoms with Gasteiger partial charge in [0.1, 0.15) is 0 Å². The van der Waals surface area contributed by atoms with Crippen LogP contribution in [0.2, 0.25) is 0 Å². The van der Waals surface area contributed by atoms with Crippen molar-refractivity contribution < 1.29 is 9.90 Å². The molecule has 10 heavy (non-hydrogen) atoms. The van der Waals surface area contributed by atoms with E-state index < -0.39 is 5.97 Å². The van der Waals surface area contributed by atoms with E-state index in [9.17, 15) is 4.79 Å². The molecule has 0 aromatic carbocycles. The molecule has 0 aromatic heterocycles. The molecule has 0 unspecified atom stereocenters. The van der Waals surface area contributed by atoms with Crippen LogP contribution in [-0.2, 0) is 4.79 Å². The zero-order valence-electron chi connectivity index (χ0n) is 6.05. The molecule has 0 heterocycles. The molecule has 1 saturated carbocycles. The van der Waals surface area contributed by atoms with Crippen molar-refractivity contribution in [3.63, 3.8) is 0 Å². The molecule has 55 valence electrons. The van der Waals surface area contributed by atoms with Crippen LogP contribution in [0.25, 0.3) is 0 Å². The van der Waals surface area contributed by atoms with Gasteiger partial charge in [-0.2, -0.15) is 0 Å². The standard InChI is InChI=1S/C7H12O2.Ga/c8-7(9)6-4-2-1-3-5-6;/h6H,1-5H2,(H,8,9);. The molecular formula is C7H12GaO2. The van der Waals surface area contributed by atoms with Crippen LogP contribution < -0.4 is 0 Å². The van der Waals surface area contributed by atoms with Gasteiger partial charge in [-0.25, -0.2) is 0 Å². The molecule has 1 aliphatic rings. The Bertz CT molecular complexity index is 108. The quantitative estimate of drug-likeness (QED) is 0.644. The Hall–Kier alpha value is 0.106. The Labute approximate surface area is 74.1 Å². The van der Waals surface area contributed by atoms with Gasteiger partial charge in [0.25, 0.3) is 0 Å². The molecule has 0 saturated heterocycles. The molecule has 1 fully saturated rings. The van der Waals surface area contributed by atoms with Gasteiger partial charge in [0.05, 0.1) is 5.92 Å². The summed E-state index contributed by atoms with van der Waals surface area (Å²) < 4.78 is 0. The summed E-state index contributed by atoms with van der Waals surface area (Å²) in [5, 5.41) is 8.54. The van der Waals surface area contributed by atoms with Crippen LogP contribution in [0, 0.1) is 5.92 Å². The Kier molecular flexibility index (Phi) is 4.90. The molecule has 0 aromatic rings. The van der Waals surface area contributed by atoms with Gasteiger partial charge in [-0.3, -0.25) is 4.79 Å². The second-order valence-corrected chi connectivity index (χ2v) is 2.67. The van der Waals surface area contributed by atoms with Crippen LogP contribution in [0.5, 0.6) is 0 Å². The monoisotopic (exact) mass is 197 g/mol. The second kappa shape index (κ2) is 4.85. The van der Waals surface area contributed by atoms with E-state index in [2.05, 4.69) is 0 Å². The number of carbonyl (C=O) groups is 1. The van der Waals surface area contributed by atoms with Gasteiger partial charge in [-0.05, 0) is 12.8 Å². The fraction of sp³-hybridized carbons (Fsp3) is 0.857. The molecule has 0 spiro atoms. The van der Waals surface area contributed by atoms with Gasteiger partial charge < -0.3 is 5.11 Å². The van der Waals surface area contributed by atoms with Gasteiger partial charge in [0.2, 0.25) is 0 Å². The smallest absolute Gasteiger partial charge is 0.306 e. The molecule has 2 nitrogen and oxygen atoms in total. The van der Waals surface area contributed by atoms with Crippen molar-refractivity contribution in [2.24, 2.45) is 5.92 Å². The first-order valence-electron chi connectivity index (χ1n) is 3.53. The van der Waals surface area contributed by atoms with Crippen molar-refractivity contribution in [3.8, 4) is 0 Å². The van der Waals surface area contributed by atoms with Gasteiger partial charge in [0, 0.05) is 19.8 Å². The molecule has 0 atom stereocenters. The maximum atomic E-state index is 10.4. The summed E-state index contributed by atoms with van der Waals surface area (Å²) in [5.41, 5.74) is 0. The second-order valence-electron chi connectivity index (χ2n) is 2.67. The zero-order chi connectivity index (χ0) is 6.69. The van der Waals surface area contributed by atoms with Gasteiger partial charge in [0.15, 0.2) is 0 Å². The van der Waals surface area contributed by atoms with Crippen LogP contribution in [-0.4, -0.2) is 30.9 Å². The fourth-order valence-electron chi connectivity index (χ4n) is 1.35. The van der Waals surface area contributed by atoms with Crippen LogP contribution >= 0.6 is 0 Å². The minimum absolute atomic E-state index is 0. The molecule has 0 amide bonds. The maximum absolute atomic E-state index is 10.4. The minimum Gasteiger partial charge on any atom is -0.481 e. The predicted octanol–water partition coefficient (Wildman–Crippen LogP) is 1.27. The molecule has 0 bridgehead atoms. The first-order valence-corrected chi connectivity index (χ1v) is 3.53. The van der Waals surface area contributed by atoms with Gasteiger partial charge in [-0.15, -0.1) is 0 Å². The average Bonchev–Trinajstić information content (AvgIpc) is 1.90. The molecule has 0 aliphatic heterocycles. The summed E-state index contributed by atoms with van der Waals surface area (Å²) >= 11 is 0. The van der Waals surface area contributed by atoms with Crippen LogP contribution in [0.1, 0.15) is 32.1 Å². The van der Waals surface area contributed by atoms with E-state index in [1.807, 2.05) is 0 Å². The van der Waals surface area contributed by atoms with E-state index in [4.69, 9.17) is 5.11 Å². The number of carboxylic acid groups (broad SMARTS) is 1. The summed E-state index contributed by atoms with van der Waals surface area (Å²) in [5.74, 6) is -0.631. The summed E-state index contributed by atoms with van der Waals surface area (Å²) in [6.07, 6.45) is 5.24. The van der Waals surface area contributed by atoms with Crippen LogP contribution in [0.3, 0.4) is 0 Å². The third-order valence-corrected chi connectivity index (χ3v) is 1.95. The van der Waals surface area contributed by atoms with Gasteiger partial charge >= 0.3 is 5.97 Å².